The van der Waals surface area contributed by atoms with Gasteiger partial charge in [0.05, 0.1) is 4.90 Å². The Morgan fingerprint density at radius 3 is 2.34 bits per heavy atom. The maximum atomic E-state index is 12.9. The topological polar surface area (TPSA) is 92.8 Å². The SMILES string of the molecule is Cc1ccc(S(=O)(=O)N2CCC[C@H]2C(=O)OCC(=O)NC2CCCCCC2)cc1. The molecule has 1 aromatic rings. The molecule has 7 nitrogen and oxygen atoms in total. The molecule has 0 bridgehead atoms. The van der Waals surface area contributed by atoms with E-state index >= 15 is 0 Å². The number of carbonyl (C=O) groups excluding carboxylic acids is 2. The summed E-state index contributed by atoms with van der Waals surface area (Å²) in [6.07, 6.45) is 7.45. The summed E-state index contributed by atoms with van der Waals surface area (Å²) in [6, 6.07) is 5.81. The zero-order chi connectivity index (χ0) is 20.9. The van der Waals surface area contributed by atoms with Gasteiger partial charge in [0.15, 0.2) is 6.61 Å². The average molecular weight is 423 g/mol. The van der Waals surface area contributed by atoms with Crippen LogP contribution in [0.2, 0.25) is 0 Å². The predicted octanol–water partition coefficient (Wildman–Crippen LogP) is 2.53. The smallest absolute Gasteiger partial charge is 0.324 e. The largest absolute Gasteiger partial charge is 0.454 e. The number of nitrogens with zero attached hydrogens (tertiary/aromatic N) is 1. The van der Waals surface area contributed by atoms with Crippen molar-refractivity contribution in [3.63, 3.8) is 0 Å². The van der Waals surface area contributed by atoms with E-state index in [1.165, 1.54) is 17.1 Å². The molecule has 1 aliphatic heterocycles. The molecule has 1 atom stereocenters. The molecule has 0 aromatic heterocycles. The van der Waals surface area contributed by atoms with Crippen molar-refractivity contribution in [1.29, 1.82) is 0 Å². The van der Waals surface area contributed by atoms with Crippen molar-refractivity contribution in [2.75, 3.05) is 13.2 Å². The number of hydrogen-bond acceptors (Lipinski definition) is 5. The van der Waals surface area contributed by atoms with Crippen molar-refractivity contribution in [1.82, 2.24) is 9.62 Å². The van der Waals surface area contributed by atoms with Gasteiger partial charge in [-0.15, -0.1) is 0 Å². The van der Waals surface area contributed by atoms with Gasteiger partial charge >= 0.3 is 5.97 Å². The third-order valence-electron chi connectivity index (χ3n) is 5.67. The van der Waals surface area contributed by atoms with Crippen molar-refractivity contribution in [2.24, 2.45) is 0 Å². The standard InChI is InChI=1S/C21H30N2O5S/c1-16-10-12-18(13-11-16)29(26,27)23-14-6-9-19(23)21(25)28-15-20(24)22-17-7-4-2-3-5-8-17/h10-13,17,19H,2-9,14-15H2,1H3,(H,22,24)/t19-/m0/s1. The minimum absolute atomic E-state index is 0.133. The van der Waals surface area contributed by atoms with Gasteiger partial charge in [-0.3, -0.25) is 9.59 Å². The Morgan fingerprint density at radius 1 is 1.03 bits per heavy atom. The van der Waals surface area contributed by atoms with Crippen molar-refractivity contribution in [2.45, 2.75) is 75.3 Å². The van der Waals surface area contributed by atoms with E-state index in [4.69, 9.17) is 4.74 Å². The summed E-state index contributed by atoms with van der Waals surface area (Å²) in [5, 5.41) is 2.93. The fourth-order valence-electron chi connectivity index (χ4n) is 4.03. The van der Waals surface area contributed by atoms with E-state index in [-0.39, 0.29) is 30.0 Å². The van der Waals surface area contributed by atoms with E-state index in [1.807, 2.05) is 6.92 Å². The van der Waals surface area contributed by atoms with Crippen molar-refractivity contribution in [3.05, 3.63) is 29.8 Å². The number of rotatable bonds is 6. The molecule has 1 aromatic carbocycles. The number of aryl methyl sites for hydroxylation is 1. The summed E-state index contributed by atoms with van der Waals surface area (Å²) < 4.78 is 32.2. The molecule has 1 heterocycles. The molecule has 160 valence electrons. The molecular formula is C21H30N2O5S. The first-order valence-electron chi connectivity index (χ1n) is 10.4. The third kappa shape index (κ3) is 5.57. The molecule has 0 radical (unpaired) electrons. The zero-order valence-electron chi connectivity index (χ0n) is 16.9. The molecule has 29 heavy (non-hydrogen) atoms. The number of carbonyl (C=O) groups is 2. The third-order valence-corrected chi connectivity index (χ3v) is 7.59. The van der Waals surface area contributed by atoms with E-state index < -0.39 is 22.0 Å². The van der Waals surface area contributed by atoms with E-state index in [0.29, 0.717) is 12.8 Å². The molecule has 1 N–H and O–H groups in total. The van der Waals surface area contributed by atoms with Gasteiger partial charge < -0.3 is 10.1 Å². The first-order valence-corrected chi connectivity index (χ1v) is 11.9. The summed E-state index contributed by atoms with van der Waals surface area (Å²) in [5.74, 6) is -0.981. The molecule has 1 amide bonds. The van der Waals surface area contributed by atoms with E-state index in [0.717, 1.165) is 31.2 Å². The van der Waals surface area contributed by atoms with Gasteiger partial charge in [0.25, 0.3) is 5.91 Å². The fraction of sp³-hybridized carbons (Fsp3) is 0.619. The highest BCUT2D eigenvalue weighted by Crippen LogP contribution is 2.27. The molecular weight excluding hydrogens is 392 g/mol. The van der Waals surface area contributed by atoms with Crippen LogP contribution in [0.5, 0.6) is 0 Å². The normalized spacial score (nSPS) is 21.5. The van der Waals surface area contributed by atoms with Crippen molar-refractivity contribution in [3.8, 4) is 0 Å². The Hall–Kier alpha value is -1.93. The Morgan fingerprint density at radius 2 is 1.69 bits per heavy atom. The number of sulfonamides is 1. The highest BCUT2D eigenvalue weighted by Gasteiger charge is 2.40. The summed E-state index contributed by atoms with van der Waals surface area (Å²) in [4.78, 5) is 24.8. The molecule has 1 saturated carbocycles. The number of nitrogens with one attached hydrogen (secondary N) is 1. The molecule has 1 saturated heterocycles. The fourth-order valence-corrected chi connectivity index (χ4v) is 5.68. The Balaban J connectivity index is 1.56. The Labute approximate surface area is 172 Å². The first kappa shape index (κ1) is 21.8. The van der Waals surface area contributed by atoms with Crippen molar-refractivity contribution >= 4 is 21.9 Å². The van der Waals surface area contributed by atoms with Gasteiger partial charge in [-0.25, -0.2) is 8.42 Å². The van der Waals surface area contributed by atoms with Gasteiger partial charge in [0.2, 0.25) is 10.0 Å². The van der Waals surface area contributed by atoms with E-state index in [1.54, 1.807) is 24.3 Å². The molecule has 1 aliphatic carbocycles. The lowest BCUT2D eigenvalue weighted by Crippen LogP contribution is -2.43. The second-order valence-electron chi connectivity index (χ2n) is 7.95. The van der Waals surface area contributed by atoms with Crippen LogP contribution in [0.25, 0.3) is 0 Å². The summed E-state index contributed by atoms with van der Waals surface area (Å²) in [6.45, 7) is 1.78. The van der Waals surface area contributed by atoms with Crippen LogP contribution in [0, 0.1) is 6.92 Å². The number of esters is 1. The minimum atomic E-state index is -3.78. The number of ether oxygens (including phenoxy) is 1. The molecule has 8 heteroatoms. The lowest BCUT2D eigenvalue weighted by molar-refractivity contribution is -0.151. The Bertz CT molecular complexity index is 814. The second-order valence-corrected chi connectivity index (χ2v) is 9.84. The van der Waals surface area contributed by atoms with Crippen LogP contribution in [0.15, 0.2) is 29.2 Å². The molecule has 2 fully saturated rings. The summed E-state index contributed by atoms with van der Waals surface area (Å²) in [7, 11) is -3.78. The Kier molecular flexibility index (Phi) is 7.29. The lowest BCUT2D eigenvalue weighted by atomic mass is 10.1. The number of benzene rings is 1. The molecule has 3 rings (SSSR count). The van der Waals surface area contributed by atoms with Crippen LogP contribution >= 0.6 is 0 Å². The quantitative estimate of drug-likeness (QED) is 0.562. The molecule has 0 unspecified atom stereocenters. The monoisotopic (exact) mass is 422 g/mol. The van der Waals surface area contributed by atoms with Crippen LogP contribution in [0.1, 0.15) is 56.9 Å². The van der Waals surface area contributed by atoms with Gasteiger partial charge in [0, 0.05) is 12.6 Å². The van der Waals surface area contributed by atoms with Crippen LogP contribution in [-0.2, 0) is 24.3 Å². The van der Waals surface area contributed by atoms with Gasteiger partial charge in [-0.1, -0.05) is 43.4 Å². The minimum Gasteiger partial charge on any atom is -0.454 e. The number of hydrogen-bond donors (Lipinski definition) is 1. The predicted molar refractivity (Wildman–Crippen MR) is 109 cm³/mol. The van der Waals surface area contributed by atoms with E-state index in [9.17, 15) is 18.0 Å². The first-order chi connectivity index (χ1) is 13.9. The van der Waals surface area contributed by atoms with Crippen LogP contribution in [0.4, 0.5) is 0 Å². The van der Waals surface area contributed by atoms with Gasteiger partial charge in [-0.2, -0.15) is 4.31 Å². The molecule has 0 spiro atoms. The van der Waals surface area contributed by atoms with Gasteiger partial charge in [0.1, 0.15) is 6.04 Å². The zero-order valence-corrected chi connectivity index (χ0v) is 17.7. The second kappa shape index (κ2) is 9.71. The average Bonchev–Trinajstić information content (AvgIpc) is 3.07. The van der Waals surface area contributed by atoms with Crippen LogP contribution in [-0.4, -0.2) is 49.8 Å². The summed E-state index contributed by atoms with van der Waals surface area (Å²) in [5.41, 5.74) is 0.959. The molecule has 2 aliphatic rings. The highest BCUT2D eigenvalue weighted by molar-refractivity contribution is 7.89. The van der Waals surface area contributed by atoms with Crippen LogP contribution in [0.3, 0.4) is 0 Å². The summed E-state index contributed by atoms with van der Waals surface area (Å²) >= 11 is 0. The number of amides is 1. The van der Waals surface area contributed by atoms with Crippen LogP contribution < -0.4 is 5.32 Å². The highest BCUT2D eigenvalue weighted by atomic mass is 32.2. The van der Waals surface area contributed by atoms with E-state index in [2.05, 4.69) is 5.32 Å². The maximum absolute atomic E-state index is 12.9. The maximum Gasteiger partial charge on any atom is 0.324 e. The van der Waals surface area contributed by atoms with Crippen molar-refractivity contribution < 1.29 is 22.7 Å². The lowest BCUT2D eigenvalue weighted by Gasteiger charge is -2.23. The van der Waals surface area contributed by atoms with Gasteiger partial charge in [-0.05, 0) is 44.7 Å².